The average molecular weight is 578 g/mol. The summed E-state index contributed by atoms with van der Waals surface area (Å²) in [5.41, 5.74) is 2.29. The molecule has 1 atom stereocenters. The normalized spacial score (nSPS) is 14.4. The lowest BCUT2D eigenvalue weighted by atomic mass is 10.1. The highest BCUT2D eigenvalue weighted by Crippen LogP contribution is 2.41. The van der Waals surface area contributed by atoms with Gasteiger partial charge in [0.1, 0.15) is 17.1 Å². The smallest absolute Gasteiger partial charge is 0.308 e. The van der Waals surface area contributed by atoms with Crippen LogP contribution in [0.25, 0.3) is 11.3 Å². The Balaban J connectivity index is 1.56. The van der Waals surface area contributed by atoms with Gasteiger partial charge < -0.3 is 24.8 Å². The Morgan fingerprint density at radius 3 is 2.33 bits per heavy atom. The quantitative estimate of drug-likeness (QED) is 0.213. The second-order valence-electron chi connectivity index (χ2n) is 11.6. The predicted octanol–water partition coefficient (Wildman–Crippen LogP) is 5.09. The minimum atomic E-state index is -0.617. The summed E-state index contributed by atoms with van der Waals surface area (Å²) in [6.07, 6.45) is 8.28. The molecular weight excluding hydrogens is 534 g/mol. The monoisotopic (exact) mass is 577 g/mol. The van der Waals surface area contributed by atoms with Gasteiger partial charge in [-0.3, -0.25) is 19.3 Å². The topological polar surface area (TPSA) is 117 Å². The van der Waals surface area contributed by atoms with Crippen LogP contribution in [0.4, 0.5) is 0 Å². The fraction of sp³-hybridized carbons (Fsp3) is 0.500. The Bertz CT molecular complexity index is 1310. The zero-order valence-corrected chi connectivity index (χ0v) is 25.3. The van der Waals surface area contributed by atoms with Crippen LogP contribution in [0.5, 0.6) is 11.5 Å². The lowest BCUT2D eigenvalue weighted by Crippen LogP contribution is -2.40. The van der Waals surface area contributed by atoms with Crippen molar-refractivity contribution in [2.24, 2.45) is 0 Å². The number of hydrogen-bond donors (Lipinski definition) is 2. The maximum atomic E-state index is 13.7. The molecule has 3 aromatic rings. The van der Waals surface area contributed by atoms with E-state index in [1.54, 1.807) is 32.7 Å². The first-order valence-corrected chi connectivity index (χ1v) is 14.6. The van der Waals surface area contributed by atoms with E-state index in [9.17, 15) is 9.59 Å². The fourth-order valence-corrected chi connectivity index (χ4v) is 5.30. The number of hydrogen-bond acceptors (Lipinski definition) is 8. The molecule has 1 aliphatic carbocycles. The summed E-state index contributed by atoms with van der Waals surface area (Å²) in [7, 11) is 3.23. The third kappa shape index (κ3) is 8.31. The van der Waals surface area contributed by atoms with E-state index in [1.165, 1.54) is 0 Å². The van der Waals surface area contributed by atoms with Gasteiger partial charge in [-0.05, 0) is 82.5 Å². The first-order chi connectivity index (χ1) is 20.2. The van der Waals surface area contributed by atoms with Crippen molar-refractivity contribution < 1.29 is 23.8 Å². The van der Waals surface area contributed by atoms with E-state index in [4.69, 9.17) is 19.3 Å². The SMILES string of the molecule is COc1cccc(OC)c1-c1cc(C(=O)N[C@@H](CCNCc2ccncc2)CC(=O)OC(C)(C)C)nn1C1CCCC1. The summed E-state index contributed by atoms with van der Waals surface area (Å²) < 4.78 is 18.9. The van der Waals surface area contributed by atoms with Gasteiger partial charge in [0.05, 0.1) is 37.9 Å². The molecule has 0 unspecified atom stereocenters. The van der Waals surface area contributed by atoms with Gasteiger partial charge in [0.2, 0.25) is 0 Å². The van der Waals surface area contributed by atoms with E-state index in [0.29, 0.717) is 31.0 Å². The number of carbonyl (C=O) groups excluding carboxylic acids is 2. The van der Waals surface area contributed by atoms with Crippen molar-refractivity contribution in [3.8, 4) is 22.8 Å². The van der Waals surface area contributed by atoms with Crippen LogP contribution < -0.4 is 20.1 Å². The maximum Gasteiger partial charge on any atom is 0.308 e. The number of nitrogens with zero attached hydrogens (tertiary/aromatic N) is 3. The van der Waals surface area contributed by atoms with Crippen molar-refractivity contribution in [1.29, 1.82) is 0 Å². The summed E-state index contributed by atoms with van der Waals surface area (Å²) in [5.74, 6) is 0.578. The van der Waals surface area contributed by atoms with Crippen molar-refractivity contribution >= 4 is 11.9 Å². The molecule has 2 aromatic heterocycles. The fourth-order valence-electron chi connectivity index (χ4n) is 5.30. The highest BCUT2D eigenvalue weighted by molar-refractivity contribution is 5.94. The molecule has 1 fully saturated rings. The highest BCUT2D eigenvalue weighted by atomic mass is 16.6. The van der Waals surface area contributed by atoms with Crippen LogP contribution in [0.2, 0.25) is 0 Å². The molecule has 1 aromatic carbocycles. The van der Waals surface area contributed by atoms with E-state index >= 15 is 0 Å². The number of rotatable bonds is 13. The average Bonchev–Trinajstić information content (AvgIpc) is 3.65. The van der Waals surface area contributed by atoms with Crippen molar-refractivity contribution in [1.82, 2.24) is 25.4 Å². The molecule has 1 saturated carbocycles. The standard InChI is InChI=1S/C32H43N5O5/c1-32(2,3)42-29(38)19-23(15-18-34-21-22-13-16-33-17-14-22)35-31(39)25-20-26(37(36-25)24-9-6-7-10-24)30-27(40-4)11-8-12-28(30)41-5/h8,11-14,16-17,20,23-24,34H,6-7,9-10,15,18-19,21H2,1-5H3,(H,35,39)/t23-/m0/s1. The van der Waals surface area contributed by atoms with Crippen LogP contribution >= 0.6 is 0 Å². The molecular formula is C32H43N5O5. The van der Waals surface area contributed by atoms with Gasteiger partial charge in [0, 0.05) is 25.0 Å². The van der Waals surface area contributed by atoms with E-state index in [-0.39, 0.29) is 30.0 Å². The summed E-state index contributed by atoms with van der Waals surface area (Å²) in [6, 6.07) is 11.0. The lowest BCUT2D eigenvalue weighted by Gasteiger charge is -2.23. The largest absolute Gasteiger partial charge is 0.496 e. The minimum Gasteiger partial charge on any atom is -0.496 e. The van der Waals surface area contributed by atoms with Gasteiger partial charge in [-0.2, -0.15) is 5.10 Å². The molecule has 0 aliphatic heterocycles. The van der Waals surface area contributed by atoms with E-state index in [2.05, 4.69) is 15.6 Å². The number of ether oxygens (including phenoxy) is 3. The molecule has 1 amide bonds. The summed E-state index contributed by atoms with van der Waals surface area (Å²) in [4.78, 5) is 30.5. The molecule has 0 saturated heterocycles. The number of nitrogens with one attached hydrogen (secondary N) is 2. The molecule has 0 bridgehead atoms. The van der Waals surface area contributed by atoms with Crippen LogP contribution in [0, 0.1) is 0 Å². The lowest BCUT2D eigenvalue weighted by molar-refractivity contribution is -0.155. The van der Waals surface area contributed by atoms with Gasteiger partial charge in [-0.15, -0.1) is 0 Å². The summed E-state index contributed by atoms with van der Waals surface area (Å²) in [5, 5.41) is 11.2. The number of amides is 1. The predicted molar refractivity (Wildman–Crippen MR) is 161 cm³/mol. The number of methoxy groups -OCH3 is 2. The Morgan fingerprint density at radius 2 is 1.71 bits per heavy atom. The van der Waals surface area contributed by atoms with Gasteiger partial charge >= 0.3 is 5.97 Å². The number of pyridine rings is 1. The van der Waals surface area contributed by atoms with Crippen molar-refractivity contribution in [2.45, 2.75) is 83.5 Å². The summed E-state index contributed by atoms with van der Waals surface area (Å²) >= 11 is 0. The Morgan fingerprint density at radius 1 is 1.05 bits per heavy atom. The number of benzene rings is 1. The third-order valence-electron chi connectivity index (χ3n) is 7.24. The Kier molecular flexibility index (Phi) is 10.6. The Labute approximate surface area is 248 Å². The minimum absolute atomic E-state index is 0.0521. The number of esters is 1. The molecule has 10 heteroatoms. The second kappa shape index (κ2) is 14.3. The zero-order chi connectivity index (χ0) is 30.1. The van der Waals surface area contributed by atoms with Gasteiger partial charge in [-0.25, -0.2) is 0 Å². The Hall–Kier alpha value is -3.92. The van der Waals surface area contributed by atoms with Crippen LogP contribution in [-0.2, 0) is 16.1 Å². The van der Waals surface area contributed by atoms with E-state index in [0.717, 1.165) is 42.5 Å². The van der Waals surface area contributed by atoms with Crippen molar-refractivity contribution in [3.05, 3.63) is 60.0 Å². The molecule has 4 rings (SSSR count). The van der Waals surface area contributed by atoms with E-state index in [1.807, 2.05) is 55.8 Å². The van der Waals surface area contributed by atoms with Crippen molar-refractivity contribution in [3.63, 3.8) is 0 Å². The molecule has 10 nitrogen and oxygen atoms in total. The molecule has 42 heavy (non-hydrogen) atoms. The van der Waals surface area contributed by atoms with Crippen LogP contribution in [0.3, 0.4) is 0 Å². The number of carbonyl (C=O) groups is 2. The molecule has 226 valence electrons. The van der Waals surface area contributed by atoms with Crippen LogP contribution in [0.1, 0.15) is 81.4 Å². The van der Waals surface area contributed by atoms with Crippen LogP contribution in [0.15, 0.2) is 48.8 Å². The van der Waals surface area contributed by atoms with E-state index < -0.39 is 11.6 Å². The molecule has 0 radical (unpaired) electrons. The first kappa shape index (κ1) is 31.0. The molecule has 1 aliphatic rings. The number of aromatic nitrogens is 3. The summed E-state index contributed by atoms with van der Waals surface area (Å²) in [6.45, 7) is 6.75. The highest BCUT2D eigenvalue weighted by Gasteiger charge is 2.28. The maximum absolute atomic E-state index is 13.7. The molecule has 0 spiro atoms. The van der Waals surface area contributed by atoms with Gasteiger partial charge in [-0.1, -0.05) is 18.9 Å². The second-order valence-corrected chi connectivity index (χ2v) is 11.6. The van der Waals surface area contributed by atoms with Gasteiger partial charge in [0.15, 0.2) is 5.69 Å². The van der Waals surface area contributed by atoms with Crippen LogP contribution in [-0.4, -0.2) is 59.0 Å². The van der Waals surface area contributed by atoms with Gasteiger partial charge in [0.25, 0.3) is 5.91 Å². The first-order valence-electron chi connectivity index (χ1n) is 14.6. The third-order valence-corrected chi connectivity index (χ3v) is 7.24. The molecule has 2 N–H and O–H groups in total. The van der Waals surface area contributed by atoms with Crippen molar-refractivity contribution in [2.75, 3.05) is 20.8 Å². The zero-order valence-electron chi connectivity index (χ0n) is 25.3. The molecule has 2 heterocycles.